The van der Waals surface area contributed by atoms with Crippen molar-refractivity contribution in [2.75, 3.05) is 16.5 Å². The average molecular weight is 689 g/mol. The summed E-state index contributed by atoms with van der Waals surface area (Å²) in [7, 11) is 0. The van der Waals surface area contributed by atoms with Crippen molar-refractivity contribution >= 4 is 44.6 Å². The standard InChI is InChI=1S/C49H44N4/c1-33-14-13-15-34(2)48(33)37-27-36(28-40(30-37)52-32-51(39-16-7-6-8-17-39)44-20-11-12-21-45(44)52)26-35-22-23-42-41-18-9-10-19-43(41)53(46(42)29-35)47-31-38(24-25-50-47)49(3,4)5/h6-25,27-31H,26,32H2,1-5H3. The first-order valence-electron chi connectivity index (χ1n) is 18.6. The molecule has 53 heavy (non-hydrogen) atoms. The Hall–Kier alpha value is -6.13. The molecule has 0 amide bonds. The molecule has 6 aromatic carbocycles. The van der Waals surface area contributed by atoms with Crippen LogP contribution in [-0.4, -0.2) is 16.2 Å². The van der Waals surface area contributed by atoms with Crippen molar-refractivity contribution in [3.63, 3.8) is 0 Å². The first-order valence-corrected chi connectivity index (χ1v) is 18.6. The minimum atomic E-state index is 0.0216. The van der Waals surface area contributed by atoms with Crippen LogP contribution in [0.15, 0.2) is 152 Å². The summed E-state index contributed by atoms with van der Waals surface area (Å²) in [6, 6.07) is 53.4. The highest BCUT2D eigenvalue weighted by molar-refractivity contribution is 6.09. The van der Waals surface area contributed by atoms with E-state index in [9.17, 15) is 0 Å². The molecule has 0 radical (unpaired) electrons. The van der Waals surface area contributed by atoms with Crippen LogP contribution in [0, 0.1) is 13.8 Å². The first-order chi connectivity index (χ1) is 25.7. The summed E-state index contributed by atoms with van der Waals surface area (Å²) < 4.78 is 2.35. The Labute approximate surface area is 312 Å². The molecule has 0 unspecified atom stereocenters. The van der Waals surface area contributed by atoms with Crippen molar-refractivity contribution in [2.24, 2.45) is 0 Å². The van der Waals surface area contributed by atoms with E-state index in [2.05, 4.69) is 195 Å². The second-order valence-corrected chi connectivity index (χ2v) is 15.5. The van der Waals surface area contributed by atoms with E-state index in [1.807, 2.05) is 6.20 Å². The summed E-state index contributed by atoms with van der Waals surface area (Å²) in [5.74, 6) is 0.954. The van der Waals surface area contributed by atoms with Gasteiger partial charge >= 0.3 is 0 Å². The molecule has 1 aliphatic heterocycles. The van der Waals surface area contributed by atoms with Gasteiger partial charge in [0.15, 0.2) is 0 Å². The van der Waals surface area contributed by atoms with Crippen LogP contribution in [0.5, 0.6) is 0 Å². The van der Waals surface area contributed by atoms with Gasteiger partial charge in [0.1, 0.15) is 12.5 Å². The average Bonchev–Trinajstić information content (AvgIpc) is 3.71. The monoisotopic (exact) mass is 688 g/mol. The van der Waals surface area contributed by atoms with E-state index in [1.165, 1.54) is 83.5 Å². The van der Waals surface area contributed by atoms with E-state index in [0.29, 0.717) is 0 Å². The molecule has 0 fully saturated rings. The van der Waals surface area contributed by atoms with Gasteiger partial charge in [-0.3, -0.25) is 4.57 Å². The summed E-state index contributed by atoms with van der Waals surface area (Å²) in [4.78, 5) is 9.81. The van der Waals surface area contributed by atoms with Gasteiger partial charge in [-0.2, -0.15) is 0 Å². The fourth-order valence-electron chi connectivity index (χ4n) is 8.23. The highest BCUT2D eigenvalue weighted by Gasteiger charge is 2.28. The summed E-state index contributed by atoms with van der Waals surface area (Å²) in [6.07, 6.45) is 2.76. The molecule has 4 nitrogen and oxygen atoms in total. The van der Waals surface area contributed by atoms with Crippen LogP contribution in [0.4, 0.5) is 22.7 Å². The SMILES string of the molecule is Cc1cccc(C)c1-c1cc(Cc2ccc3c4ccccc4n(-c4cc(C(C)(C)C)ccn4)c3c2)cc(N2CN(c3ccccc3)c3ccccc32)c1. The Kier molecular flexibility index (Phi) is 7.92. The molecule has 4 heteroatoms. The van der Waals surface area contributed by atoms with E-state index in [1.54, 1.807) is 0 Å². The van der Waals surface area contributed by atoms with Gasteiger partial charge in [0, 0.05) is 28.3 Å². The molecule has 3 heterocycles. The predicted octanol–water partition coefficient (Wildman–Crippen LogP) is 12.6. The third-order valence-corrected chi connectivity index (χ3v) is 10.9. The zero-order valence-electron chi connectivity index (χ0n) is 31.1. The second kappa shape index (κ2) is 12.8. The van der Waals surface area contributed by atoms with Crippen LogP contribution >= 0.6 is 0 Å². The molecule has 9 rings (SSSR count). The smallest absolute Gasteiger partial charge is 0.137 e. The molecule has 0 N–H and O–H groups in total. The van der Waals surface area contributed by atoms with E-state index < -0.39 is 0 Å². The van der Waals surface area contributed by atoms with Gasteiger partial charge in [-0.05, 0) is 125 Å². The van der Waals surface area contributed by atoms with Crippen molar-refractivity contribution < 1.29 is 0 Å². The van der Waals surface area contributed by atoms with Crippen molar-refractivity contribution in [1.82, 2.24) is 9.55 Å². The Bertz CT molecular complexity index is 2620. The third kappa shape index (κ3) is 5.85. The molecule has 260 valence electrons. The Morgan fingerprint density at radius 2 is 1.25 bits per heavy atom. The maximum atomic E-state index is 4.93. The van der Waals surface area contributed by atoms with Gasteiger partial charge in [-0.15, -0.1) is 0 Å². The quantitative estimate of drug-likeness (QED) is 0.174. The van der Waals surface area contributed by atoms with E-state index in [0.717, 1.165) is 18.9 Å². The number of pyridine rings is 1. The van der Waals surface area contributed by atoms with Crippen LogP contribution in [0.1, 0.15) is 48.6 Å². The second-order valence-electron chi connectivity index (χ2n) is 15.5. The summed E-state index contributed by atoms with van der Waals surface area (Å²) in [5.41, 5.74) is 16.2. The lowest BCUT2D eigenvalue weighted by Gasteiger charge is -2.24. The van der Waals surface area contributed by atoms with Crippen molar-refractivity contribution in [2.45, 2.75) is 46.5 Å². The fourth-order valence-corrected chi connectivity index (χ4v) is 8.23. The highest BCUT2D eigenvalue weighted by atomic mass is 15.4. The molecule has 2 aromatic heterocycles. The third-order valence-electron chi connectivity index (χ3n) is 10.9. The Morgan fingerprint density at radius 3 is 2.00 bits per heavy atom. The van der Waals surface area contributed by atoms with Crippen LogP contribution < -0.4 is 9.80 Å². The maximum absolute atomic E-state index is 4.93. The van der Waals surface area contributed by atoms with Gasteiger partial charge in [-0.1, -0.05) is 106 Å². The van der Waals surface area contributed by atoms with Gasteiger partial charge in [-0.25, -0.2) is 4.98 Å². The normalized spacial score (nSPS) is 12.9. The Balaban J connectivity index is 1.18. The number of para-hydroxylation sites is 4. The minimum absolute atomic E-state index is 0.0216. The molecule has 0 saturated heterocycles. The number of hydrogen-bond acceptors (Lipinski definition) is 3. The number of aryl methyl sites for hydroxylation is 2. The van der Waals surface area contributed by atoms with Gasteiger partial charge in [0.05, 0.1) is 22.4 Å². The number of rotatable bonds is 6. The first kappa shape index (κ1) is 32.8. The molecule has 0 bridgehead atoms. The Morgan fingerprint density at radius 1 is 0.566 bits per heavy atom. The van der Waals surface area contributed by atoms with Crippen molar-refractivity contribution in [3.8, 4) is 16.9 Å². The van der Waals surface area contributed by atoms with Crippen LogP contribution in [0.2, 0.25) is 0 Å². The zero-order chi connectivity index (χ0) is 36.3. The zero-order valence-corrected chi connectivity index (χ0v) is 31.1. The number of anilines is 4. The fraction of sp³-hybridized carbons (Fsp3) is 0.163. The summed E-state index contributed by atoms with van der Waals surface area (Å²) in [5, 5.41) is 2.49. The summed E-state index contributed by atoms with van der Waals surface area (Å²) in [6.45, 7) is 12.0. The van der Waals surface area contributed by atoms with Crippen molar-refractivity contribution in [3.05, 3.63) is 180 Å². The molecule has 1 aliphatic rings. The van der Waals surface area contributed by atoms with Gasteiger partial charge < -0.3 is 9.80 Å². The molecule has 0 spiro atoms. The molecule has 0 saturated carbocycles. The van der Waals surface area contributed by atoms with Gasteiger partial charge in [0.2, 0.25) is 0 Å². The van der Waals surface area contributed by atoms with Crippen LogP contribution in [-0.2, 0) is 11.8 Å². The van der Waals surface area contributed by atoms with E-state index >= 15 is 0 Å². The number of aromatic nitrogens is 2. The number of fused-ring (bicyclic) bond motifs is 4. The lowest BCUT2D eigenvalue weighted by molar-refractivity contribution is 0.588. The predicted molar refractivity (Wildman–Crippen MR) is 223 cm³/mol. The molecule has 0 aliphatic carbocycles. The van der Waals surface area contributed by atoms with E-state index in [-0.39, 0.29) is 5.41 Å². The van der Waals surface area contributed by atoms with Crippen LogP contribution in [0.25, 0.3) is 38.8 Å². The molecule has 8 aromatic rings. The summed E-state index contributed by atoms with van der Waals surface area (Å²) >= 11 is 0. The molecular formula is C49H44N4. The lowest BCUT2D eigenvalue weighted by Crippen LogP contribution is -2.24. The van der Waals surface area contributed by atoms with Gasteiger partial charge in [0.25, 0.3) is 0 Å². The topological polar surface area (TPSA) is 24.3 Å². The minimum Gasteiger partial charge on any atom is -0.321 e. The number of benzene rings is 6. The largest absolute Gasteiger partial charge is 0.321 e. The lowest BCUT2D eigenvalue weighted by atomic mass is 9.88. The molecule has 0 atom stereocenters. The number of nitrogens with zero attached hydrogens (tertiary/aromatic N) is 4. The number of hydrogen-bond donors (Lipinski definition) is 0. The van der Waals surface area contributed by atoms with Crippen LogP contribution in [0.3, 0.4) is 0 Å². The maximum Gasteiger partial charge on any atom is 0.137 e. The van der Waals surface area contributed by atoms with E-state index in [4.69, 9.17) is 4.98 Å². The highest BCUT2D eigenvalue weighted by Crippen LogP contribution is 2.45. The van der Waals surface area contributed by atoms with Crippen molar-refractivity contribution in [1.29, 1.82) is 0 Å². The molecular weight excluding hydrogens is 645 g/mol.